The summed E-state index contributed by atoms with van der Waals surface area (Å²) in [4.78, 5) is 25.9. The van der Waals surface area contributed by atoms with Crippen molar-refractivity contribution >= 4 is 21.7 Å². The molecule has 24 heavy (non-hydrogen) atoms. The summed E-state index contributed by atoms with van der Waals surface area (Å²) >= 11 is 0. The van der Waals surface area contributed by atoms with Gasteiger partial charge in [0.15, 0.2) is 4.90 Å². The van der Waals surface area contributed by atoms with Crippen LogP contribution in [0.3, 0.4) is 0 Å². The molecule has 10 heteroatoms. The minimum Gasteiger partial charge on any atom is -0.267 e. The van der Waals surface area contributed by atoms with Crippen LogP contribution >= 0.6 is 0 Å². The second-order valence-electron chi connectivity index (χ2n) is 4.54. The first-order chi connectivity index (χ1) is 11.4. The molecule has 0 aliphatic rings. The van der Waals surface area contributed by atoms with Gasteiger partial charge in [-0.3, -0.25) is 15.0 Å². The van der Waals surface area contributed by atoms with Gasteiger partial charge in [-0.2, -0.15) is 0 Å². The van der Waals surface area contributed by atoms with Gasteiger partial charge < -0.3 is 0 Å². The lowest BCUT2D eigenvalue weighted by Crippen LogP contribution is -2.39. The molecule has 0 aromatic heterocycles. The van der Waals surface area contributed by atoms with Gasteiger partial charge >= 0.3 is 6.03 Å². The number of nitrogens with one attached hydrogen (secondary N) is 2. The summed E-state index contributed by atoms with van der Waals surface area (Å²) < 4.78 is 25.8. The maximum Gasteiger partial charge on any atom is 0.352 e. The largest absolute Gasteiger partial charge is 0.352 e. The molecular formula is C14H13N3O6S. The molecule has 2 amide bonds. The number of para-hydroxylation sites is 1. The van der Waals surface area contributed by atoms with E-state index in [1.165, 1.54) is 12.1 Å². The lowest BCUT2D eigenvalue weighted by Gasteiger charge is -2.09. The zero-order valence-electron chi connectivity index (χ0n) is 12.2. The molecule has 2 N–H and O–H groups in total. The fourth-order valence-corrected chi connectivity index (χ4v) is 2.86. The Balaban J connectivity index is 1.99. The van der Waals surface area contributed by atoms with Crippen LogP contribution in [-0.4, -0.2) is 19.4 Å². The van der Waals surface area contributed by atoms with Crippen molar-refractivity contribution in [2.45, 2.75) is 11.5 Å². The molecule has 0 atom stereocenters. The fourth-order valence-electron chi connectivity index (χ4n) is 1.79. The Morgan fingerprint density at radius 3 is 2.38 bits per heavy atom. The summed E-state index contributed by atoms with van der Waals surface area (Å²) in [5.41, 5.74) is 2.03. The van der Waals surface area contributed by atoms with E-state index in [0.29, 0.717) is 0 Å². The minimum atomic E-state index is -4.41. The number of nitro groups is 1. The van der Waals surface area contributed by atoms with Crippen molar-refractivity contribution in [3.63, 3.8) is 0 Å². The first-order valence-corrected chi connectivity index (χ1v) is 8.10. The number of nitrogens with zero attached hydrogens (tertiary/aromatic N) is 1. The van der Waals surface area contributed by atoms with Crippen LogP contribution in [0.2, 0.25) is 0 Å². The van der Waals surface area contributed by atoms with Crippen molar-refractivity contribution < 1.29 is 23.0 Å². The third-order valence-corrected chi connectivity index (χ3v) is 4.20. The van der Waals surface area contributed by atoms with Crippen LogP contribution in [0.25, 0.3) is 0 Å². The highest BCUT2D eigenvalue weighted by Gasteiger charge is 2.26. The van der Waals surface area contributed by atoms with Crippen LogP contribution in [0.5, 0.6) is 0 Å². The maximum atomic E-state index is 12.1. The van der Waals surface area contributed by atoms with Gasteiger partial charge in [-0.1, -0.05) is 42.5 Å². The molecular weight excluding hydrogens is 338 g/mol. The van der Waals surface area contributed by atoms with E-state index in [9.17, 15) is 23.3 Å². The van der Waals surface area contributed by atoms with Crippen LogP contribution in [0, 0.1) is 10.1 Å². The molecule has 9 nitrogen and oxygen atoms in total. The molecule has 2 aromatic rings. The molecule has 0 saturated carbocycles. The predicted molar refractivity (Wildman–Crippen MR) is 83.2 cm³/mol. The van der Waals surface area contributed by atoms with Crippen LogP contribution in [0.4, 0.5) is 10.5 Å². The summed E-state index contributed by atoms with van der Waals surface area (Å²) in [7, 11) is -4.41. The number of hydroxylamine groups is 1. The number of rotatable bonds is 6. The van der Waals surface area contributed by atoms with Gasteiger partial charge in [0, 0.05) is 6.07 Å². The predicted octanol–water partition coefficient (Wildman–Crippen LogP) is 1.71. The van der Waals surface area contributed by atoms with Crippen molar-refractivity contribution in [2.24, 2.45) is 0 Å². The van der Waals surface area contributed by atoms with Crippen LogP contribution in [0.15, 0.2) is 59.5 Å². The van der Waals surface area contributed by atoms with Crippen LogP contribution < -0.4 is 10.2 Å². The zero-order valence-corrected chi connectivity index (χ0v) is 13.0. The number of urea groups is 1. The molecule has 126 valence electrons. The van der Waals surface area contributed by atoms with E-state index in [-0.39, 0.29) is 6.61 Å². The van der Waals surface area contributed by atoms with Gasteiger partial charge in [0.05, 0.1) is 11.5 Å². The molecule has 2 aromatic carbocycles. The molecule has 0 radical (unpaired) electrons. The monoisotopic (exact) mass is 351 g/mol. The zero-order chi connectivity index (χ0) is 17.6. The number of hydrogen-bond acceptors (Lipinski definition) is 6. The highest BCUT2D eigenvalue weighted by molar-refractivity contribution is 7.90. The quantitative estimate of drug-likeness (QED) is 0.602. The van der Waals surface area contributed by atoms with Gasteiger partial charge in [0.1, 0.15) is 0 Å². The molecule has 0 aliphatic heterocycles. The van der Waals surface area contributed by atoms with E-state index in [1.54, 1.807) is 29.0 Å². The average molecular weight is 351 g/mol. The normalized spacial score (nSPS) is 10.8. The second kappa shape index (κ2) is 7.53. The third-order valence-electron chi connectivity index (χ3n) is 2.83. The van der Waals surface area contributed by atoms with Crippen molar-refractivity contribution in [3.8, 4) is 0 Å². The number of carbonyl (C=O) groups is 1. The van der Waals surface area contributed by atoms with E-state index >= 15 is 0 Å². The minimum absolute atomic E-state index is 0.0276. The SMILES string of the molecule is O=C(NOCc1ccccc1)NS(=O)(=O)c1ccccc1[N+](=O)[O-]. The van der Waals surface area contributed by atoms with E-state index in [0.717, 1.165) is 17.7 Å². The Bertz CT molecular complexity index is 839. The Morgan fingerprint density at radius 1 is 1.08 bits per heavy atom. The maximum absolute atomic E-state index is 12.1. The number of nitro benzene ring substituents is 1. The number of hydrogen-bond donors (Lipinski definition) is 2. The van der Waals surface area contributed by atoms with Crippen LogP contribution in [0.1, 0.15) is 5.56 Å². The van der Waals surface area contributed by atoms with Crippen molar-refractivity contribution in [3.05, 3.63) is 70.3 Å². The van der Waals surface area contributed by atoms with Gasteiger partial charge in [0.25, 0.3) is 15.7 Å². The smallest absolute Gasteiger partial charge is 0.267 e. The summed E-state index contributed by atoms with van der Waals surface area (Å²) in [6.07, 6.45) is 0. The second-order valence-corrected chi connectivity index (χ2v) is 6.19. The molecule has 0 spiro atoms. The standard InChI is InChI=1S/C14H13N3O6S/c18-14(15-23-10-11-6-2-1-3-7-11)16-24(21,22)13-9-5-4-8-12(13)17(19)20/h1-9H,10H2,(H2,15,16,18). The van der Waals surface area contributed by atoms with E-state index in [2.05, 4.69) is 0 Å². The molecule has 0 unspecified atom stereocenters. The lowest BCUT2D eigenvalue weighted by molar-refractivity contribution is -0.387. The van der Waals surface area contributed by atoms with E-state index < -0.39 is 31.6 Å². The topological polar surface area (TPSA) is 128 Å². The average Bonchev–Trinajstić information content (AvgIpc) is 2.55. The molecule has 0 saturated heterocycles. The van der Waals surface area contributed by atoms with E-state index in [1.807, 2.05) is 11.5 Å². The van der Waals surface area contributed by atoms with Crippen molar-refractivity contribution in [2.75, 3.05) is 0 Å². The Hall–Kier alpha value is -2.98. The highest BCUT2D eigenvalue weighted by Crippen LogP contribution is 2.22. The van der Waals surface area contributed by atoms with Gasteiger partial charge in [-0.05, 0) is 11.6 Å². The van der Waals surface area contributed by atoms with E-state index in [4.69, 9.17) is 4.84 Å². The summed E-state index contributed by atoms with van der Waals surface area (Å²) in [6, 6.07) is 12.4. The summed E-state index contributed by atoms with van der Waals surface area (Å²) in [5.74, 6) is 0. The number of amides is 2. The first kappa shape index (κ1) is 17.4. The number of benzene rings is 2. The van der Waals surface area contributed by atoms with Crippen molar-refractivity contribution in [1.29, 1.82) is 0 Å². The van der Waals surface area contributed by atoms with Crippen molar-refractivity contribution in [1.82, 2.24) is 10.2 Å². The molecule has 0 bridgehead atoms. The number of sulfonamides is 1. The van der Waals surface area contributed by atoms with Crippen LogP contribution in [-0.2, 0) is 21.5 Å². The highest BCUT2D eigenvalue weighted by atomic mass is 32.2. The molecule has 0 heterocycles. The first-order valence-electron chi connectivity index (χ1n) is 6.62. The van der Waals surface area contributed by atoms with Gasteiger partial charge in [0.2, 0.25) is 0 Å². The Morgan fingerprint density at radius 2 is 1.71 bits per heavy atom. The lowest BCUT2D eigenvalue weighted by atomic mass is 10.2. The fraction of sp³-hybridized carbons (Fsp3) is 0.0714. The Labute approximate surface area is 137 Å². The summed E-state index contributed by atoms with van der Waals surface area (Å²) in [5, 5.41) is 10.9. The molecule has 2 rings (SSSR count). The van der Waals surface area contributed by atoms with Gasteiger partial charge in [-0.25, -0.2) is 23.4 Å². The molecule has 0 aliphatic carbocycles. The molecule has 0 fully saturated rings. The Kier molecular flexibility index (Phi) is 5.45. The van der Waals surface area contributed by atoms with Gasteiger partial charge in [-0.15, -0.1) is 0 Å². The number of carbonyl (C=O) groups excluding carboxylic acids is 1. The third kappa shape index (κ3) is 4.51. The summed E-state index contributed by atoms with van der Waals surface area (Å²) in [6.45, 7) is 0.0276.